The highest BCUT2D eigenvalue weighted by molar-refractivity contribution is 7.85. The maximum atomic E-state index is 12.0. The highest BCUT2D eigenvalue weighted by Crippen LogP contribution is 2.18. The van der Waals surface area contributed by atoms with Gasteiger partial charge in [0.25, 0.3) is 0 Å². The molecule has 1 rings (SSSR count). The number of nitrogens with one attached hydrogen (secondary N) is 1. The second kappa shape index (κ2) is 7.41. The minimum atomic E-state index is -0.710. The molecule has 1 aliphatic rings. The Balaban J connectivity index is 2.46. The van der Waals surface area contributed by atoms with E-state index in [-0.39, 0.29) is 0 Å². The maximum absolute atomic E-state index is 12.0. The molecule has 4 unspecified atom stereocenters. The van der Waals surface area contributed by atoms with E-state index in [0.29, 0.717) is 17.2 Å². The first-order chi connectivity index (χ1) is 7.69. The molecule has 96 valence electrons. The first kappa shape index (κ1) is 14.1. The molecular weight excluding hydrogens is 222 g/mol. The van der Waals surface area contributed by atoms with E-state index < -0.39 is 10.8 Å². The van der Waals surface area contributed by atoms with Crippen LogP contribution in [0.15, 0.2) is 0 Å². The van der Waals surface area contributed by atoms with Gasteiger partial charge in [-0.3, -0.25) is 4.21 Å². The molecular formula is C12H25NO2S. The van der Waals surface area contributed by atoms with Gasteiger partial charge in [0.15, 0.2) is 0 Å². The van der Waals surface area contributed by atoms with E-state index in [1.807, 2.05) is 0 Å². The molecule has 4 heteroatoms. The summed E-state index contributed by atoms with van der Waals surface area (Å²) in [6, 6.07) is 0.363. The fraction of sp³-hybridized carbons (Fsp3) is 1.00. The van der Waals surface area contributed by atoms with Gasteiger partial charge in [0.1, 0.15) is 0 Å². The summed E-state index contributed by atoms with van der Waals surface area (Å²) in [7, 11) is -0.710. The summed E-state index contributed by atoms with van der Waals surface area (Å²) in [5.41, 5.74) is 0. The third-order valence-corrected chi connectivity index (χ3v) is 5.29. The van der Waals surface area contributed by atoms with Gasteiger partial charge in [-0.25, -0.2) is 0 Å². The average molecular weight is 247 g/mol. The second-order valence-corrected chi connectivity index (χ2v) is 6.45. The van der Waals surface area contributed by atoms with Crippen LogP contribution in [0.3, 0.4) is 0 Å². The number of rotatable bonds is 7. The highest BCUT2D eigenvalue weighted by atomic mass is 32.2. The van der Waals surface area contributed by atoms with Gasteiger partial charge in [0.2, 0.25) is 0 Å². The quantitative estimate of drug-likeness (QED) is 0.742. The Bertz CT molecular complexity index is 217. The second-order valence-electron chi connectivity index (χ2n) is 4.55. The van der Waals surface area contributed by atoms with E-state index >= 15 is 0 Å². The summed E-state index contributed by atoms with van der Waals surface area (Å²) in [4.78, 5) is 0. The molecule has 1 saturated heterocycles. The van der Waals surface area contributed by atoms with Crippen LogP contribution in [0.4, 0.5) is 0 Å². The van der Waals surface area contributed by atoms with Crippen LogP contribution < -0.4 is 5.32 Å². The van der Waals surface area contributed by atoms with Crippen molar-refractivity contribution in [3.8, 4) is 0 Å². The van der Waals surface area contributed by atoms with Crippen LogP contribution in [0, 0.1) is 5.92 Å². The molecule has 0 aromatic heterocycles. The minimum absolute atomic E-state index is 0.309. The Morgan fingerprint density at radius 2 is 2.25 bits per heavy atom. The predicted molar refractivity (Wildman–Crippen MR) is 69.2 cm³/mol. The van der Waals surface area contributed by atoms with Gasteiger partial charge in [0.05, 0.1) is 6.61 Å². The molecule has 0 saturated carbocycles. The zero-order valence-electron chi connectivity index (χ0n) is 10.7. The smallest absolute Gasteiger partial charge is 0.0510 e. The summed E-state index contributed by atoms with van der Waals surface area (Å²) in [6.07, 6.45) is 2.10. The average Bonchev–Trinajstić information content (AvgIpc) is 2.80. The Hall–Kier alpha value is 0.0700. The van der Waals surface area contributed by atoms with Crippen LogP contribution in [0.5, 0.6) is 0 Å². The van der Waals surface area contributed by atoms with E-state index in [2.05, 4.69) is 26.1 Å². The zero-order chi connectivity index (χ0) is 12.0. The Morgan fingerprint density at radius 1 is 1.50 bits per heavy atom. The minimum Gasteiger partial charge on any atom is -0.381 e. The Morgan fingerprint density at radius 3 is 2.75 bits per heavy atom. The normalized spacial score (nSPS) is 26.6. The van der Waals surface area contributed by atoms with Gasteiger partial charge < -0.3 is 10.1 Å². The van der Waals surface area contributed by atoms with E-state index in [9.17, 15) is 4.21 Å². The molecule has 1 aliphatic heterocycles. The van der Waals surface area contributed by atoms with Gasteiger partial charge in [-0.05, 0) is 19.4 Å². The van der Waals surface area contributed by atoms with Crippen molar-refractivity contribution in [3.05, 3.63) is 0 Å². The zero-order valence-corrected chi connectivity index (χ0v) is 11.5. The van der Waals surface area contributed by atoms with Crippen LogP contribution in [0.1, 0.15) is 33.6 Å². The standard InChI is InChI=1S/C12H25NO2S/c1-4-10(3)16(14)9-12(13-5-2)11-6-7-15-8-11/h10-13H,4-9H2,1-3H3. The molecule has 3 nitrogen and oxygen atoms in total. The SMILES string of the molecule is CCNC(CS(=O)C(C)CC)C1CCOC1. The molecule has 16 heavy (non-hydrogen) atoms. The fourth-order valence-electron chi connectivity index (χ4n) is 2.02. The van der Waals surface area contributed by atoms with E-state index in [0.717, 1.165) is 38.4 Å². The van der Waals surface area contributed by atoms with Crippen LogP contribution in [0.2, 0.25) is 0 Å². The van der Waals surface area contributed by atoms with Crippen molar-refractivity contribution in [2.24, 2.45) is 5.92 Å². The van der Waals surface area contributed by atoms with E-state index in [1.165, 1.54) is 0 Å². The van der Waals surface area contributed by atoms with Crippen molar-refractivity contribution in [2.75, 3.05) is 25.5 Å². The van der Waals surface area contributed by atoms with Crippen LogP contribution >= 0.6 is 0 Å². The largest absolute Gasteiger partial charge is 0.381 e. The van der Waals surface area contributed by atoms with Crippen molar-refractivity contribution >= 4 is 10.8 Å². The van der Waals surface area contributed by atoms with E-state index in [1.54, 1.807) is 0 Å². The van der Waals surface area contributed by atoms with Crippen molar-refractivity contribution in [2.45, 2.75) is 44.9 Å². The molecule has 1 heterocycles. The molecule has 0 spiro atoms. The molecule has 0 bridgehead atoms. The lowest BCUT2D eigenvalue weighted by Gasteiger charge is -2.24. The lowest BCUT2D eigenvalue weighted by Crippen LogP contribution is -2.42. The summed E-state index contributed by atoms with van der Waals surface area (Å²) in [5, 5.41) is 3.77. The van der Waals surface area contributed by atoms with Crippen molar-refractivity contribution < 1.29 is 8.95 Å². The molecule has 4 atom stereocenters. The van der Waals surface area contributed by atoms with E-state index in [4.69, 9.17) is 4.74 Å². The lowest BCUT2D eigenvalue weighted by atomic mass is 10.0. The first-order valence-corrected chi connectivity index (χ1v) is 7.75. The molecule has 0 aliphatic carbocycles. The summed E-state index contributed by atoms with van der Waals surface area (Å²) < 4.78 is 17.5. The van der Waals surface area contributed by atoms with Crippen LogP contribution in [-0.2, 0) is 15.5 Å². The Kier molecular flexibility index (Phi) is 6.54. The maximum Gasteiger partial charge on any atom is 0.0510 e. The third kappa shape index (κ3) is 4.15. The summed E-state index contributed by atoms with van der Waals surface area (Å²) in [6.45, 7) is 8.92. The number of hydrogen-bond acceptors (Lipinski definition) is 3. The molecule has 0 aromatic rings. The van der Waals surface area contributed by atoms with Crippen molar-refractivity contribution in [3.63, 3.8) is 0 Å². The monoisotopic (exact) mass is 247 g/mol. The van der Waals surface area contributed by atoms with Gasteiger partial charge in [-0.2, -0.15) is 0 Å². The fourth-order valence-corrected chi connectivity index (χ4v) is 3.47. The third-order valence-electron chi connectivity index (χ3n) is 3.37. The summed E-state index contributed by atoms with van der Waals surface area (Å²) in [5.74, 6) is 1.32. The molecule has 0 radical (unpaired) electrons. The molecule has 1 fully saturated rings. The lowest BCUT2D eigenvalue weighted by molar-refractivity contribution is 0.179. The molecule has 0 aromatic carbocycles. The van der Waals surface area contributed by atoms with Crippen molar-refractivity contribution in [1.29, 1.82) is 0 Å². The predicted octanol–water partition coefficient (Wildman–Crippen LogP) is 1.55. The van der Waals surface area contributed by atoms with Crippen LogP contribution in [-0.4, -0.2) is 41.0 Å². The van der Waals surface area contributed by atoms with Gasteiger partial charge in [-0.1, -0.05) is 20.8 Å². The molecule has 0 amide bonds. The van der Waals surface area contributed by atoms with Gasteiger partial charge in [-0.15, -0.1) is 0 Å². The Labute approximate surface area is 102 Å². The van der Waals surface area contributed by atoms with Crippen LogP contribution in [0.25, 0.3) is 0 Å². The first-order valence-electron chi connectivity index (χ1n) is 6.37. The van der Waals surface area contributed by atoms with Crippen molar-refractivity contribution in [1.82, 2.24) is 5.32 Å². The number of hydrogen-bond donors (Lipinski definition) is 1. The number of ether oxygens (including phenoxy) is 1. The molecule has 1 N–H and O–H groups in total. The van der Waals surface area contributed by atoms with Gasteiger partial charge >= 0.3 is 0 Å². The summed E-state index contributed by atoms with van der Waals surface area (Å²) >= 11 is 0. The highest BCUT2D eigenvalue weighted by Gasteiger charge is 2.27. The topological polar surface area (TPSA) is 38.3 Å². The van der Waals surface area contributed by atoms with Gasteiger partial charge in [0, 0.05) is 40.4 Å².